The van der Waals surface area contributed by atoms with Crippen LogP contribution in [0.15, 0.2) is 18.5 Å². The normalized spacial score (nSPS) is 10.5. The topological polar surface area (TPSA) is 63.8 Å². The minimum atomic E-state index is 0.672. The molecule has 4 nitrogen and oxygen atoms in total. The van der Waals surface area contributed by atoms with Crippen LogP contribution < -0.4 is 11.1 Å². The SMILES string of the molecule is CCc1cnc(CNc2ncc(C)cc2N)s1. The monoisotopic (exact) mass is 248 g/mol. The number of nitrogens with one attached hydrogen (secondary N) is 1. The van der Waals surface area contributed by atoms with Crippen LogP contribution in [0.4, 0.5) is 11.5 Å². The van der Waals surface area contributed by atoms with Gasteiger partial charge in [-0.2, -0.15) is 0 Å². The predicted molar refractivity (Wildman–Crippen MR) is 72.2 cm³/mol. The molecule has 0 fully saturated rings. The van der Waals surface area contributed by atoms with Crippen LogP contribution in [-0.4, -0.2) is 9.97 Å². The number of aryl methyl sites for hydroxylation is 2. The Kier molecular flexibility index (Phi) is 3.58. The van der Waals surface area contributed by atoms with Gasteiger partial charge in [0.25, 0.3) is 0 Å². The molecule has 2 rings (SSSR count). The summed E-state index contributed by atoms with van der Waals surface area (Å²) >= 11 is 1.72. The third-order valence-corrected chi connectivity index (χ3v) is 3.55. The summed E-state index contributed by atoms with van der Waals surface area (Å²) < 4.78 is 0. The second-order valence-corrected chi connectivity index (χ2v) is 5.08. The Labute approximate surface area is 105 Å². The highest BCUT2D eigenvalue weighted by molar-refractivity contribution is 7.11. The third-order valence-electron chi connectivity index (χ3n) is 2.41. The zero-order chi connectivity index (χ0) is 12.3. The van der Waals surface area contributed by atoms with Crippen molar-refractivity contribution in [3.05, 3.63) is 33.9 Å². The summed E-state index contributed by atoms with van der Waals surface area (Å²) in [6.45, 7) is 4.77. The predicted octanol–water partition coefficient (Wildman–Crippen LogP) is 2.60. The maximum absolute atomic E-state index is 5.87. The smallest absolute Gasteiger partial charge is 0.149 e. The van der Waals surface area contributed by atoms with Crippen molar-refractivity contribution in [2.45, 2.75) is 26.8 Å². The largest absolute Gasteiger partial charge is 0.396 e. The highest BCUT2D eigenvalue weighted by Gasteiger charge is 2.03. The second-order valence-electron chi connectivity index (χ2n) is 3.88. The molecule has 0 bridgehead atoms. The van der Waals surface area contributed by atoms with Crippen molar-refractivity contribution in [1.82, 2.24) is 9.97 Å². The van der Waals surface area contributed by atoms with E-state index >= 15 is 0 Å². The molecule has 90 valence electrons. The first kappa shape index (κ1) is 11.9. The van der Waals surface area contributed by atoms with Crippen LogP contribution >= 0.6 is 11.3 Å². The van der Waals surface area contributed by atoms with Gasteiger partial charge in [0.05, 0.1) is 12.2 Å². The fraction of sp³-hybridized carbons (Fsp3) is 0.333. The number of rotatable bonds is 4. The van der Waals surface area contributed by atoms with Crippen molar-refractivity contribution < 1.29 is 0 Å². The molecule has 2 heterocycles. The van der Waals surface area contributed by atoms with Gasteiger partial charge in [0.2, 0.25) is 0 Å². The van der Waals surface area contributed by atoms with Crippen LogP contribution in [-0.2, 0) is 13.0 Å². The van der Waals surface area contributed by atoms with Crippen LogP contribution in [0.1, 0.15) is 22.4 Å². The molecule has 0 aliphatic heterocycles. The van der Waals surface area contributed by atoms with Gasteiger partial charge in [-0.1, -0.05) is 6.92 Å². The number of nitrogen functional groups attached to an aromatic ring is 1. The van der Waals surface area contributed by atoms with E-state index in [9.17, 15) is 0 Å². The van der Waals surface area contributed by atoms with E-state index < -0.39 is 0 Å². The number of thiazole rings is 1. The minimum absolute atomic E-state index is 0.672. The maximum atomic E-state index is 5.87. The molecule has 0 aromatic carbocycles. The van der Waals surface area contributed by atoms with Crippen molar-refractivity contribution in [3.63, 3.8) is 0 Å². The molecule has 0 unspecified atom stereocenters. The van der Waals surface area contributed by atoms with Gasteiger partial charge < -0.3 is 11.1 Å². The van der Waals surface area contributed by atoms with Gasteiger partial charge in [0.15, 0.2) is 0 Å². The molecule has 3 N–H and O–H groups in total. The molecule has 0 amide bonds. The Morgan fingerprint density at radius 1 is 1.35 bits per heavy atom. The molecule has 0 saturated carbocycles. The molecule has 0 aliphatic rings. The van der Waals surface area contributed by atoms with E-state index in [1.807, 2.05) is 19.2 Å². The van der Waals surface area contributed by atoms with E-state index in [1.165, 1.54) is 4.88 Å². The maximum Gasteiger partial charge on any atom is 0.149 e. The summed E-state index contributed by atoms with van der Waals surface area (Å²) in [5.74, 6) is 0.726. The molecule has 17 heavy (non-hydrogen) atoms. The van der Waals surface area contributed by atoms with Crippen LogP contribution in [0.25, 0.3) is 0 Å². The van der Waals surface area contributed by atoms with E-state index in [-0.39, 0.29) is 0 Å². The Hall–Kier alpha value is -1.62. The van der Waals surface area contributed by atoms with Crippen LogP contribution in [0, 0.1) is 6.92 Å². The zero-order valence-electron chi connectivity index (χ0n) is 10.0. The first-order valence-corrected chi connectivity index (χ1v) is 6.40. The molecule has 2 aromatic rings. The minimum Gasteiger partial charge on any atom is -0.396 e. The molecule has 5 heteroatoms. The first-order chi connectivity index (χ1) is 8.19. The molecule has 0 aliphatic carbocycles. The number of anilines is 2. The summed E-state index contributed by atoms with van der Waals surface area (Å²) in [4.78, 5) is 9.90. The summed E-state index contributed by atoms with van der Waals surface area (Å²) in [5, 5.41) is 4.26. The molecule has 0 spiro atoms. The molecule has 0 saturated heterocycles. The highest BCUT2D eigenvalue weighted by Crippen LogP contribution is 2.18. The Balaban J connectivity index is 2.02. The van der Waals surface area contributed by atoms with Crippen molar-refractivity contribution in [3.8, 4) is 0 Å². The number of nitrogens with two attached hydrogens (primary N) is 1. The standard InChI is InChI=1S/C12H16N4S/c1-3-9-6-14-11(17-9)7-16-12-10(13)4-8(2)5-15-12/h4-6H,3,7,13H2,1-2H3,(H,15,16). The molecule has 0 radical (unpaired) electrons. The summed E-state index contributed by atoms with van der Waals surface area (Å²) in [5.41, 5.74) is 7.62. The lowest BCUT2D eigenvalue weighted by Crippen LogP contribution is -2.04. The van der Waals surface area contributed by atoms with Crippen molar-refractivity contribution in [2.75, 3.05) is 11.1 Å². The van der Waals surface area contributed by atoms with Crippen LogP contribution in [0.2, 0.25) is 0 Å². The Bertz CT molecular complexity index is 507. The number of hydrogen-bond donors (Lipinski definition) is 2. The lowest BCUT2D eigenvalue weighted by Gasteiger charge is -2.06. The number of pyridine rings is 1. The number of hydrogen-bond acceptors (Lipinski definition) is 5. The lowest BCUT2D eigenvalue weighted by molar-refractivity contribution is 1.07. The first-order valence-electron chi connectivity index (χ1n) is 5.58. The van der Waals surface area contributed by atoms with Gasteiger partial charge in [-0.25, -0.2) is 9.97 Å². The lowest BCUT2D eigenvalue weighted by atomic mass is 10.3. The van der Waals surface area contributed by atoms with Crippen molar-refractivity contribution in [2.24, 2.45) is 0 Å². The zero-order valence-corrected chi connectivity index (χ0v) is 10.8. The number of aromatic nitrogens is 2. The quantitative estimate of drug-likeness (QED) is 0.873. The second kappa shape index (κ2) is 5.14. The van der Waals surface area contributed by atoms with Crippen LogP contribution in [0.5, 0.6) is 0 Å². The van der Waals surface area contributed by atoms with Gasteiger partial charge in [0.1, 0.15) is 10.8 Å². The number of nitrogens with zero attached hydrogens (tertiary/aromatic N) is 2. The Morgan fingerprint density at radius 2 is 2.18 bits per heavy atom. The highest BCUT2D eigenvalue weighted by atomic mass is 32.1. The van der Waals surface area contributed by atoms with Crippen molar-refractivity contribution in [1.29, 1.82) is 0 Å². The summed E-state index contributed by atoms with van der Waals surface area (Å²) in [7, 11) is 0. The average molecular weight is 248 g/mol. The molecule has 0 atom stereocenters. The fourth-order valence-corrected chi connectivity index (χ4v) is 2.29. The van der Waals surface area contributed by atoms with Crippen molar-refractivity contribution >= 4 is 22.8 Å². The van der Waals surface area contributed by atoms with Crippen LogP contribution in [0.3, 0.4) is 0 Å². The van der Waals surface area contributed by atoms with Gasteiger partial charge >= 0.3 is 0 Å². The molecular weight excluding hydrogens is 232 g/mol. The third kappa shape index (κ3) is 2.94. The van der Waals surface area contributed by atoms with E-state index in [0.29, 0.717) is 12.2 Å². The van der Waals surface area contributed by atoms with Gasteiger partial charge in [0, 0.05) is 17.3 Å². The van der Waals surface area contributed by atoms with E-state index in [2.05, 4.69) is 22.2 Å². The van der Waals surface area contributed by atoms with E-state index in [0.717, 1.165) is 22.8 Å². The summed E-state index contributed by atoms with van der Waals surface area (Å²) in [6, 6.07) is 1.91. The molecule has 2 aromatic heterocycles. The van der Waals surface area contributed by atoms with Gasteiger partial charge in [-0.3, -0.25) is 0 Å². The average Bonchev–Trinajstić information content (AvgIpc) is 2.76. The van der Waals surface area contributed by atoms with E-state index in [1.54, 1.807) is 17.5 Å². The van der Waals surface area contributed by atoms with Gasteiger partial charge in [-0.05, 0) is 25.0 Å². The molecular formula is C12H16N4S. The fourth-order valence-electron chi connectivity index (χ4n) is 1.49. The van der Waals surface area contributed by atoms with Gasteiger partial charge in [-0.15, -0.1) is 11.3 Å². The summed E-state index contributed by atoms with van der Waals surface area (Å²) in [6.07, 6.45) is 4.76. The van der Waals surface area contributed by atoms with E-state index in [4.69, 9.17) is 5.73 Å². The Morgan fingerprint density at radius 3 is 2.82 bits per heavy atom.